The van der Waals surface area contributed by atoms with Crippen molar-refractivity contribution in [2.45, 2.75) is 31.8 Å². The highest BCUT2D eigenvalue weighted by molar-refractivity contribution is 14.0. The lowest BCUT2D eigenvalue weighted by atomic mass is 10.1. The third-order valence-electron chi connectivity index (χ3n) is 4.25. The van der Waals surface area contributed by atoms with Crippen molar-refractivity contribution in [3.05, 3.63) is 65.0 Å². The maximum atomic E-state index is 13.4. The number of aryl methyl sites for hydroxylation is 1. The third kappa shape index (κ3) is 9.09. The molecule has 0 bridgehead atoms. The second-order valence-electron chi connectivity index (χ2n) is 6.67. The van der Waals surface area contributed by atoms with Gasteiger partial charge in [-0.3, -0.25) is 0 Å². The van der Waals surface area contributed by atoms with Crippen molar-refractivity contribution in [1.29, 1.82) is 0 Å². The number of halogens is 2. The van der Waals surface area contributed by atoms with E-state index in [1.54, 1.807) is 37.3 Å². The Morgan fingerprint density at radius 1 is 1.13 bits per heavy atom. The first-order valence-electron chi connectivity index (χ1n) is 9.70. The van der Waals surface area contributed by atoms with E-state index >= 15 is 0 Å². The molecule has 2 aromatic carbocycles. The van der Waals surface area contributed by atoms with Gasteiger partial charge in [0.25, 0.3) is 0 Å². The third-order valence-corrected chi connectivity index (χ3v) is 5.71. The minimum absolute atomic E-state index is 0. The normalized spacial score (nSPS) is 11.7. The maximum absolute atomic E-state index is 13.4. The van der Waals surface area contributed by atoms with Crippen molar-refractivity contribution >= 4 is 40.0 Å². The number of nitrogens with one attached hydrogen (secondary N) is 3. The lowest BCUT2D eigenvalue weighted by Crippen LogP contribution is -2.36. The van der Waals surface area contributed by atoms with Gasteiger partial charge in [0.05, 0.1) is 18.0 Å². The highest BCUT2D eigenvalue weighted by Gasteiger charge is 2.13. The van der Waals surface area contributed by atoms with Crippen LogP contribution in [0.25, 0.3) is 0 Å². The summed E-state index contributed by atoms with van der Waals surface area (Å²) >= 11 is 0. The molecule has 172 valence electrons. The van der Waals surface area contributed by atoms with E-state index in [9.17, 15) is 12.8 Å². The molecule has 0 saturated heterocycles. The van der Waals surface area contributed by atoms with Gasteiger partial charge in [0.2, 0.25) is 10.0 Å². The first kappa shape index (κ1) is 27.3. The Morgan fingerprint density at radius 2 is 1.90 bits per heavy atom. The molecule has 0 spiro atoms. The summed E-state index contributed by atoms with van der Waals surface area (Å²) in [4.78, 5) is 4.71. The zero-order valence-electron chi connectivity index (χ0n) is 17.9. The molecule has 0 aliphatic carbocycles. The molecular weight excluding hydrogens is 534 g/mol. The summed E-state index contributed by atoms with van der Waals surface area (Å²) in [7, 11) is -2.08. The summed E-state index contributed by atoms with van der Waals surface area (Å²) in [6.07, 6.45) is 0. The van der Waals surface area contributed by atoms with Gasteiger partial charge >= 0.3 is 0 Å². The molecule has 0 unspecified atom stereocenters. The van der Waals surface area contributed by atoms with E-state index < -0.39 is 10.0 Å². The molecule has 0 saturated carbocycles. The topological polar surface area (TPSA) is 91.8 Å². The molecule has 0 aliphatic heterocycles. The largest absolute Gasteiger partial charge is 0.383 e. The van der Waals surface area contributed by atoms with Gasteiger partial charge < -0.3 is 15.4 Å². The van der Waals surface area contributed by atoms with Crippen molar-refractivity contribution < 1.29 is 17.5 Å². The Kier molecular flexibility index (Phi) is 12.0. The van der Waals surface area contributed by atoms with E-state index in [2.05, 4.69) is 20.3 Å². The number of hydrogen-bond acceptors (Lipinski definition) is 4. The summed E-state index contributed by atoms with van der Waals surface area (Å²) < 4.78 is 45.5. The van der Waals surface area contributed by atoms with Crippen molar-refractivity contribution in [2.24, 2.45) is 4.99 Å². The molecule has 2 rings (SSSR count). The molecule has 31 heavy (non-hydrogen) atoms. The van der Waals surface area contributed by atoms with Crippen molar-refractivity contribution in [2.75, 3.05) is 26.8 Å². The fourth-order valence-corrected chi connectivity index (χ4v) is 3.77. The molecule has 0 radical (unpaired) electrons. The molecule has 0 atom stereocenters. The Bertz CT molecular complexity index is 971. The van der Waals surface area contributed by atoms with Crippen LogP contribution >= 0.6 is 24.0 Å². The smallest absolute Gasteiger partial charge is 0.240 e. The quantitative estimate of drug-likeness (QED) is 0.179. The second-order valence-corrected chi connectivity index (χ2v) is 8.44. The van der Waals surface area contributed by atoms with Crippen LogP contribution in [0.1, 0.15) is 23.6 Å². The molecular formula is C21H30FIN4O3S. The number of aliphatic imine (C=N–C) groups is 1. The van der Waals surface area contributed by atoms with Crippen molar-refractivity contribution in [1.82, 2.24) is 15.4 Å². The highest BCUT2D eigenvalue weighted by atomic mass is 127. The molecule has 0 aromatic heterocycles. The van der Waals surface area contributed by atoms with E-state index in [1.807, 2.05) is 13.0 Å². The number of nitrogens with zero attached hydrogens (tertiary/aromatic N) is 1. The van der Waals surface area contributed by atoms with Gasteiger partial charge in [0, 0.05) is 26.7 Å². The number of ether oxygens (including phenoxy) is 1. The average Bonchev–Trinajstić information content (AvgIpc) is 2.73. The van der Waals surface area contributed by atoms with Gasteiger partial charge in [-0.2, -0.15) is 0 Å². The van der Waals surface area contributed by atoms with Crippen LogP contribution < -0.4 is 15.4 Å². The Balaban J connectivity index is 0.00000480. The number of hydrogen-bond donors (Lipinski definition) is 3. The lowest BCUT2D eigenvalue weighted by Gasteiger charge is -2.12. The number of rotatable bonds is 10. The fourth-order valence-electron chi connectivity index (χ4n) is 2.69. The number of benzene rings is 2. The zero-order valence-corrected chi connectivity index (χ0v) is 21.1. The van der Waals surface area contributed by atoms with Gasteiger partial charge in [-0.15, -0.1) is 24.0 Å². The number of guanidine groups is 1. The zero-order chi connectivity index (χ0) is 22.0. The highest BCUT2D eigenvalue weighted by Crippen LogP contribution is 2.12. The van der Waals surface area contributed by atoms with Crippen LogP contribution in [0.3, 0.4) is 0 Å². The van der Waals surface area contributed by atoms with Crippen LogP contribution in [-0.4, -0.2) is 41.2 Å². The van der Waals surface area contributed by atoms with Gasteiger partial charge in [0.15, 0.2) is 5.96 Å². The Labute approximate surface area is 201 Å². The van der Waals surface area contributed by atoms with Crippen molar-refractivity contribution in [3.8, 4) is 0 Å². The second kappa shape index (κ2) is 13.6. The van der Waals surface area contributed by atoms with E-state index in [-0.39, 0.29) is 41.2 Å². The Morgan fingerprint density at radius 3 is 2.58 bits per heavy atom. The summed E-state index contributed by atoms with van der Waals surface area (Å²) in [5.74, 6) is 0.358. The average molecular weight is 564 g/mol. The maximum Gasteiger partial charge on any atom is 0.240 e. The summed E-state index contributed by atoms with van der Waals surface area (Å²) in [5, 5.41) is 6.35. The van der Waals surface area contributed by atoms with Gasteiger partial charge in [-0.05, 0) is 48.7 Å². The predicted octanol–water partition coefficient (Wildman–Crippen LogP) is 2.93. The van der Waals surface area contributed by atoms with Crippen LogP contribution in [0.5, 0.6) is 0 Å². The molecule has 10 heteroatoms. The first-order valence-corrected chi connectivity index (χ1v) is 11.2. The van der Waals surface area contributed by atoms with Crippen LogP contribution in [-0.2, 0) is 27.8 Å². The molecule has 0 fully saturated rings. The van der Waals surface area contributed by atoms with Crippen LogP contribution in [0.4, 0.5) is 4.39 Å². The summed E-state index contributed by atoms with van der Waals surface area (Å²) in [6, 6.07) is 11.6. The van der Waals surface area contributed by atoms with E-state index in [0.29, 0.717) is 37.8 Å². The number of sulfonamides is 1. The summed E-state index contributed by atoms with van der Waals surface area (Å²) in [5.41, 5.74) is 2.29. The van der Waals surface area contributed by atoms with Gasteiger partial charge in [-0.25, -0.2) is 22.5 Å². The molecule has 0 aliphatic rings. The monoisotopic (exact) mass is 564 g/mol. The molecule has 0 heterocycles. The lowest BCUT2D eigenvalue weighted by molar-refractivity contribution is 0.204. The molecule has 0 amide bonds. The molecule has 3 N–H and O–H groups in total. The first-order chi connectivity index (χ1) is 14.4. The fraction of sp³-hybridized carbons (Fsp3) is 0.381. The SMILES string of the molecule is CCNC(=NCc1cccc(S(=O)(=O)NCCOC)c1)NCc1ccc(F)c(C)c1.I. The minimum atomic E-state index is -3.60. The van der Waals surface area contributed by atoms with Crippen LogP contribution in [0.2, 0.25) is 0 Å². The molecule has 7 nitrogen and oxygen atoms in total. The van der Waals surface area contributed by atoms with E-state index in [1.165, 1.54) is 13.2 Å². The summed E-state index contributed by atoms with van der Waals surface area (Å²) in [6.45, 7) is 5.66. The van der Waals surface area contributed by atoms with Gasteiger partial charge in [0.1, 0.15) is 5.82 Å². The Hall–Kier alpha value is -1.76. The van der Waals surface area contributed by atoms with E-state index in [0.717, 1.165) is 11.1 Å². The van der Waals surface area contributed by atoms with Gasteiger partial charge in [-0.1, -0.05) is 24.3 Å². The van der Waals surface area contributed by atoms with Crippen LogP contribution in [0, 0.1) is 12.7 Å². The standard InChI is InChI=1S/C21H29FN4O3S.HI/c1-4-23-21(25-15-18-8-9-20(22)16(2)12-18)24-14-17-6-5-7-19(13-17)30(27,28)26-10-11-29-3;/h5-9,12-13,26H,4,10-11,14-15H2,1-3H3,(H2,23,24,25);1H. The molecule has 2 aromatic rings. The predicted molar refractivity (Wildman–Crippen MR) is 132 cm³/mol. The van der Waals surface area contributed by atoms with Crippen molar-refractivity contribution in [3.63, 3.8) is 0 Å². The minimum Gasteiger partial charge on any atom is -0.383 e. The van der Waals surface area contributed by atoms with E-state index in [4.69, 9.17) is 4.74 Å². The van der Waals surface area contributed by atoms with Crippen LogP contribution in [0.15, 0.2) is 52.4 Å². The number of methoxy groups -OCH3 is 1.